The Kier molecular flexibility index (Phi) is 6.83. The molecule has 1 aliphatic carbocycles. The lowest BCUT2D eigenvalue weighted by molar-refractivity contribution is -0.147. The lowest BCUT2D eigenvalue weighted by Gasteiger charge is -2.51. The third-order valence-electron chi connectivity index (χ3n) is 8.81. The Hall–Kier alpha value is -2.14. The molecule has 0 radical (unpaired) electrons. The molecule has 184 valence electrons. The Bertz CT molecular complexity index is 1020. The van der Waals surface area contributed by atoms with Gasteiger partial charge in [0.05, 0.1) is 12.0 Å². The molecule has 0 aromatic heterocycles. The van der Waals surface area contributed by atoms with Gasteiger partial charge in [-0.1, -0.05) is 31.5 Å². The van der Waals surface area contributed by atoms with Crippen molar-refractivity contribution in [3.8, 4) is 5.75 Å². The van der Waals surface area contributed by atoms with Gasteiger partial charge in [0, 0.05) is 23.7 Å². The lowest BCUT2D eigenvalue weighted by Crippen LogP contribution is -2.53. The highest BCUT2D eigenvalue weighted by atomic mass is 19.1. The van der Waals surface area contributed by atoms with Crippen LogP contribution >= 0.6 is 0 Å². The molecular formula is C29H38FNO3. The van der Waals surface area contributed by atoms with Crippen LogP contribution in [0.3, 0.4) is 0 Å². The fourth-order valence-corrected chi connectivity index (χ4v) is 6.84. The van der Waals surface area contributed by atoms with E-state index in [1.807, 2.05) is 6.07 Å². The highest BCUT2D eigenvalue weighted by molar-refractivity contribution is 5.88. The monoisotopic (exact) mass is 467 g/mol. The van der Waals surface area contributed by atoms with Crippen molar-refractivity contribution in [3.63, 3.8) is 0 Å². The van der Waals surface area contributed by atoms with Gasteiger partial charge in [0.15, 0.2) is 0 Å². The molecule has 3 fully saturated rings. The van der Waals surface area contributed by atoms with Gasteiger partial charge < -0.3 is 9.84 Å². The standard InChI is InChI=1S/C29H38FNO3/c1-18-6-11-25(12-7-18)34-28-13-10-20-8-9-21(16-26(20)27(28)17-30)19(2)31-23-4-3-5-24(31)15-22(14-23)29(32)33/h8-10,13,16,18-19,22-25H,3-7,11-12,14-15,17H2,1-2H3,(H,32,33)/t18-,19?,22?,23?,24?,25+. The Balaban J connectivity index is 1.42. The predicted molar refractivity (Wildman–Crippen MR) is 133 cm³/mol. The normalized spacial score (nSPS) is 30.7. The number of carboxylic acid groups (broad SMARTS) is 1. The van der Waals surface area contributed by atoms with Crippen molar-refractivity contribution in [2.75, 3.05) is 0 Å². The van der Waals surface area contributed by atoms with E-state index in [9.17, 15) is 14.3 Å². The van der Waals surface area contributed by atoms with E-state index in [2.05, 4.69) is 43.0 Å². The summed E-state index contributed by atoms with van der Waals surface area (Å²) in [5.74, 6) is 0.568. The van der Waals surface area contributed by atoms with Crippen LogP contribution in [-0.4, -0.2) is 34.2 Å². The second kappa shape index (κ2) is 9.85. The molecule has 0 spiro atoms. The van der Waals surface area contributed by atoms with E-state index in [-0.39, 0.29) is 18.1 Å². The number of carboxylic acids is 1. The van der Waals surface area contributed by atoms with Crippen molar-refractivity contribution >= 4 is 16.7 Å². The van der Waals surface area contributed by atoms with Gasteiger partial charge in [-0.05, 0) is 92.7 Å². The summed E-state index contributed by atoms with van der Waals surface area (Å²) in [6, 6.07) is 11.2. The number of hydrogen-bond acceptors (Lipinski definition) is 3. The molecule has 2 aliphatic heterocycles. The average molecular weight is 468 g/mol. The Morgan fingerprint density at radius 2 is 1.76 bits per heavy atom. The predicted octanol–water partition coefficient (Wildman–Crippen LogP) is 7.05. The van der Waals surface area contributed by atoms with Crippen molar-refractivity contribution in [2.24, 2.45) is 11.8 Å². The number of ether oxygens (including phenoxy) is 1. The first-order valence-corrected chi connectivity index (χ1v) is 13.2. The number of halogens is 1. The smallest absolute Gasteiger partial charge is 0.306 e. The largest absolute Gasteiger partial charge is 0.490 e. The fraction of sp³-hybridized carbons (Fsp3) is 0.621. The molecule has 4 nitrogen and oxygen atoms in total. The number of benzene rings is 2. The number of carbonyl (C=O) groups is 1. The van der Waals surface area contributed by atoms with Crippen LogP contribution in [0.15, 0.2) is 30.3 Å². The SMILES string of the molecule is CC(c1ccc2ccc(O[C@H]3CC[C@@H](C)CC3)c(CF)c2c1)N1C2CCCC1CC(C(=O)O)C2. The molecule has 2 saturated heterocycles. The summed E-state index contributed by atoms with van der Waals surface area (Å²) in [4.78, 5) is 14.2. The number of aliphatic carboxylic acids is 1. The average Bonchev–Trinajstić information content (AvgIpc) is 2.83. The summed E-state index contributed by atoms with van der Waals surface area (Å²) in [6.45, 7) is 3.98. The highest BCUT2D eigenvalue weighted by Gasteiger charge is 2.42. The third-order valence-corrected chi connectivity index (χ3v) is 8.81. The van der Waals surface area contributed by atoms with E-state index in [4.69, 9.17) is 4.74 Å². The number of alkyl halides is 1. The quantitative estimate of drug-likeness (QED) is 0.495. The highest BCUT2D eigenvalue weighted by Crippen LogP contribution is 2.43. The van der Waals surface area contributed by atoms with E-state index in [0.29, 0.717) is 23.4 Å². The molecule has 3 unspecified atom stereocenters. The maximum Gasteiger partial charge on any atom is 0.306 e. The molecule has 3 aliphatic rings. The van der Waals surface area contributed by atoms with Gasteiger partial charge in [0.25, 0.3) is 0 Å². The summed E-state index contributed by atoms with van der Waals surface area (Å²) in [7, 11) is 0. The van der Waals surface area contributed by atoms with Crippen molar-refractivity contribution < 1.29 is 19.0 Å². The maximum absolute atomic E-state index is 14.4. The Labute approximate surface area is 202 Å². The molecule has 2 heterocycles. The third kappa shape index (κ3) is 4.56. The van der Waals surface area contributed by atoms with Gasteiger partial charge in [-0.25, -0.2) is 4.39 Å². The minimum Gasteiger partial charge on any atom is -0.490 e. The summed E-state index contributed by atoms with van der Waals surface area (Å²) in [5, 5.41) is 11.6. The van der Waals surface area contributed by atoms with Crippen LogP contribution in [0.5, 0.6) is 5.75 Å². The minimum atomic E-state index is -0.651. The first-order chi connectivity index (χ1) is 16.4. The van der Waals surface area contributed by atoms with E-state index < -0.39 is 12.6 Å². The number of nitrogens with zero attached hydrogens (tertiary/aromatic N) is 1. The van der Waals surface area contributed by atoms with Crippen LogP contribution in [0, 0.1) is 11.8 Å². The molecule has 2 bridgehead atoms. The molecule has 2 aromatic carbocycles. The zero-order chi connectivity index (χ0) is 23.8. The van der Waals surface area contributed by atoms with Crippen LogP contribution in [0.2, 0.25) is 0 Å². The first kappa shape index (κ1) is 23.6. The summed E-state index contributed by atoms with van der Waals surface area (Å²) in [6.07, 6.45) is 9.37. The first-order valence-electron chi connectivity index (χ1n) is 13.2. The lowest BCUT2D eigenvalue weighted by atomic mass is 9.77. The van der Waals surface area contributed by atoms with Crippen LogP contribution in [0.25, 0.3) is 10.8 Å². The number of hydrogen-bond donors (Lipinski definition) is 1. The van der Waals surface area contributed by atoms with Gasteiger partial charge in [0.2, 0.25) is 0 Å². The van der Waals surface area contributed by atoms with Gasteiger partial charge >= 0.3 is 5.97 Å². The minimum absolute atomic E-state index is 0.173. The van der Waals surface area contributed by atoms with Crippen molar-refractivity contribution in [2.45, 2.75) is 103 Å². The van der Waals surface area contributed by atoms with E-state index >= 15 is 0 Å². The topological polar surface area (TPSA) is 49.8 Å². The van der Waals surface area contributed by atoms with Crippen molar-refractivity contribution in [1.82, 2.24) is 4.90 Å². The van der Waals surface area contributed by atoms with Crippen molar-refractivity contribution in [3.05, 3.63) is 41.5 Å². The number of piperidine rings is 2. The van der Waals surface area contributed by atoms with E-state index in [0.717, 1.165) is 55.2 Å². The van der Waals surface area contributed by atoms with Crippen LogP contribution in [0.1, 0.15) is 88.8 Å². The molecule has 2 aromatic rings. The Morgan fingerprint density at radius 1 is 1.09 bits per heavy atom. The Morgan fingerprint density at radius 3 is 2.41 bits per heavy atom. The van der Waals surface area contributed by atoms with Crippen LogP contribution in [-0.2, 0) is 11.5 Å². The van der Waals surface area contributed by atoms with Crippen LogP contribution < -0.4 is 4.74 Å². The van der Waals surface area contributed by atoms with Crippen molar-refractivity contribution in [1.29, 1.82) is 0 Å². The molecular weight excluding hydrogens is 429 g/mol. The molecule has 3 atom stereocenters. The maximum atomic E-state index is 14.4. The molecule has 5 rings (SSSR count). The van der Waals surface area contributed by atoms with Crippen LogP contribution in [0.4, 0.5) is 4.39 Å². The van der Waals surface area contributed by atoms with Gasteiger partial charge in [-0.15, -0.1) is 0 Å². The molecule has 5 heteroatoms. The van der Waals surface area contributed by atoms with Gasteiger partial charge in [-0.3, -0.25) is 9.69 Å². The second-order valence-electron chi connectivity index (χ2n) is 11.0. The molecule has 1 saturated carbocycles. The summed E-state index contributed by atoms with van der Waals surface area (Å²) < 4.78 is 20.7. The number of rotatable bonds is 6. The molecule has 34 heavy (non-hydrogen) atoms. The zero-order valence-electron chi connectivity index (χ0n) is 20.5. The zero-order valence-corrected chi connectivity index (χ0v) is 20.5. The summed E-state index contributed by atoms with van der Waals surface area (Å²) >= 11 is 0. The molecule has 0 amide bonds. The fourth-order valence-electron chi connectivity index (χ4n) is 6.84. The van der Waals surface area contributed by atoms with Gasteiger partial charge in [0.1, 0.15) is 12.4 Å². The van der Waals surface area contributed by atoms with E-state index in [1.165, 1.54) is 24.8 Å². The molecule has 1 N–H and O–H groups in total. The number of fused-ring (bicyclic) bond motifs is 3. The van der Waals surface area contributed by atoms with Gasteiger partial charge in [-0.2, -0.15) is 0 Å². The van der Waals surface area contributed by atoms with E-state index in [1.54, 1.807) is 0 Å². The second-order valence-corrected chi connectivity index (χ2v) is 11.0. The summed E-state index contributed by atoms with van der Waals surface area (Å²) in [5.41, 5.74) is 1.84.